The highest BCUT2D eigenvalue weighted by atomic mass is 32.2. The molecule has 0 radical (unpaired) electrons. The lowest BCUT2D eigenvalue weighted by atomic mass is 10.2. The summed E-state index contributed by atoms with van der Waals surface area (Å²) < 4.78 is 25.5. The quantitative estimate of drug-likeness (QED) is 0.850. The summed E-state index contributed by atoms with van der Waals surface area (Å²) in [7, 11) is -1.32. The Bertz CT molecular complexity index is 557. The Morgan fingerprint density at radius 3 is 2.41 bits per heavy atom. The Kier molecular flexibility index (Phi) is 3.54. The number of para-hydroxylation sites is 1. The molecule has 2 N–H and O–H groups in total. The van der Waals surface area contributed by atoms with Crippen LogP contribution in [-0.2, 0) is 16.6 Å². The molecule has 0 aromatic heterocycles. The number of rotatable bonds is 3. The molecule has 1 atom stereocenters. The number of anilines is 1. The van der Waals surface area contributed by atoms with Crippen LogP contribution in [0.2, 0.25) is 0 Å². The second-order valence-corrected chi connectivity index (χ2v) is 5.04. The molecule has 4 heteroatoms. The third-order valence-corrected chi connectivity index (χ3v) is 3.84. The van der Waals surface area contributed by atoms with Crippen molar-refractivity contribution in [3.63, 3.8) is 0 Å². The van der Waals surface area contributed by atoms with Crippen LogP contribution in [0.25, 0.3) is 0 Å². The van der Waals surface area contributed by atoms with E-state index in [9.17, 15) is 8.60 Å². The van der Waals surface area contributed by atoms with E-state index in [0.29, 0.717) is 16.1 Å². The maximum atomic E-state index is 13.4. The minimum Gasteiger partial charge on any atom is -0.398 e. The lowest BCUT2D eigenvalue weighted by Crippen LogP contribution is -2.02. The first kappa shape index (κ1) is 11.8. The molecule has 0 spiro atoms. The Labute approximate surface area is 102 Å². The van der Waals surface area contributed by atoms with Crippen LogP contribution in [0.15, 0.2) is 53.4 Å². The van der Waals surface area contributed by atoms with Crippen molar-refractivity contribution in [2.45, 2.75) is 10.6 Å². The van der Waals surface area contributed by atoms with E-state index in [1.165, 1.54) is 6.07 Å². The fourth-order valence-corrected chi connectivity index (χ4v) is 2.76. The SMILES string of the molecule is Nc1ccccc1S(=O)Cc1ccccc1F. The fourth-order valence-electron chi connectivity index (χ4n) is 1.52. The van der Waals surface area contributed by atoms with Crippen LogP contribution >= 0.6 is 0 Å². The average Bonchev–Trinajstić information content (AvgIpc) is 2.32. The third kappa shape index (κ3) is 2.71. The average molecular weight is 249 g/mol. The Balaban J connectivity index is 2.24. The topological polar surface area (TPSA) is 43.1 Å². The first-order chi connectivity index (χ1) is 8.18. The number of nitrogens with two attached hydrogens (primary N) is 1. The van der Waals surface area contributed by atoms with E-state index in [2.05, 4.69) is 0 Å². The predicted octanol–water partition coefficient (Wildman–Crippen LogP) is 2.72. The summed E-state index contributed by atoms with van der Waals surface area (Å²) in [6.07, 6.45) is 0. The Morgan fingerprint density at radius 1 is 1.06 bits per heavy atom. The van der Waals surface area contributed by atoms with Crippen molar-refractivity contribution in [3.8, 4) is 0 Å². The number of nitrogen functional groups attached to an aromatic ring is 1. The molecule has 2 nitrogen and oxygen atoms in total. The number of halogens is 1. The monoisotopic (exact) mass is 249 g/mol. The van der Waals surface area contributed by atoms with Gasteiger partial charge < -0.3 is 5.73 Å². The van der Waals surface area contributed by atoms with E-state index in [-0.39, 0.29) is 11.6 Å². The Morgan fingerprint density at radius 2 is 1.71 bits per heavy atom. The van der Waals surface area contributed by atoms with Crippen molar-refractivity contribution in [3.05, 3.63) is 59.9 Å². The molecule has 88 valence electrons. The lowest BCUT2D eigenvalue weighted by molar-refractivity contribution is 0.615. The van der Waals surface area contributed by atoms with Crippen molar-refractivity contribution >= 4 is 16.5 Å². The molecule has 2 aromatic rings. The summed E-state index contributed by atoms with van der Waals surface area (Å²) in [6, 6.07) is 13.3. The van der Waals surface area contributed by atoms with Gasteiger partial charge in [0.05, 0.1) is 21.4 Å². The zero-order valence-electron chi connectivity index (χ0n) is 9.10. The standard InChI is InChI=1S/C13H12FNOS/c14-11-6-2-1-5-10(11)9-17(16)13-8-4-3-7-12(13)15/h1-8H,9,15H2. The predicted molar refractivity (Wildman–Crippen MR) is 67.4 cm³/mol. The molecule has 1 unspecified atom stereocenters. The van der Waals surface area contributed by atoms with Crippen LogP contribution in [0.1, 0.15) is 5.56 Å². The molecule has 0 fully saturated rings. The van der Waals surface area contributed by atoms with Crippen molar-refractivity contribution < 1.29 is 8.60 Å². The summed E-state index contributed by atoms with van der Waals surface area (Å²) in [5.41, 5.74) is 6.64. The highest BCUT2D eigenvalue weighted by Gasteiger charge is 2.10. The molecule has 2 aromatic carbocycles. The molecule has 17 heavy (non-hydrogen) atoms. The van der Waals surface area contributed by atoms with Gasteiger partial charge in [-0.15, -0.1) is 0 Å². The maximum Gasteiger partial charge on any atom is 0.127 e. The van der Waals surface area contributed by atoms with Gasteiger partial charge in [-0.3, -0.25) is 4.21 Å². The first-order valence-corrected chi connectivity index (χ1v) is 6.46. The molecule has 0 aliphatic heterocycles. The van der Waals surface area contributed by atoms with E-state index in [4.69, 9.17) is 5.73 Å². The second-order valence-electron chi connectivity index (χ2n) is 3.62. The van der Waals surface area contributed by atoms with Gasteiger partial charge in [-0.25, -0.2) is 4.39 Å². The maximum absolute atomic E-state index is 13.4. The van der Waals surface area contributed by atoms with Crippen LogP contribution < -0.4 is 5.73 Å². The zero-order valence-corrected chi connectivity index (χ0v) is 9.91. The van der Waals surface area contributed by atoms with Crippen molar-refractivity contribution in [2.24, 2.45) is 0 Å². The summed E-state index contributed by atoms with van der Waals surface area (Å²) >= 11 is 0. The van der Waals surface area contributed by atoms with Gasteiger partial charge >= 0.3 is 0 Å². The molecule has 0 aliphatic rings. The molecular weight excluding hydrogens is 237 g/mol. The van der Waals surface area contributed by atoms with E-state index in [1.54, 1.807) is 42.5 Å². The van der Waals surface area contributed by atoms with E-state index >= 15 is 0 Å². The molecule has 0 bridgehead atoms. The summed E-state index contributed by atoms with van der Waals surface area (Å²) in [5, 5.41) is 0. The van der Waals surface area contributed by atoms with Crippen molar-refractivity contribution in [1.29, 1.82) is 0 Å². The van der Waals surface area contributed by atoms with Gasteiger partial charge in [0.1, 0.15) is 5.82 Å². The minimum absolute atomic E-state index is 0.140. The molecule has 0 saturated carbocycles. The first-order valence-electron chi connectivity index (χ1n) is 5.15. The Hall–Kier alpha value is -1.68. The van der Waals surface area contributed by atoms with Crippen molar-refractivity contribution in [1.82, 2.24) is 0 Å². The third-order valence-electron chi connectivity index (χ3n) is 2.41. The van der Waals surface area contributed by atoms with Crippen LogP contribution in [-0.4, -0.2) is 4.21 Å². The second kappa shape index (κ2) is 5.10. The summed E-state index contributed by atoms with van der Waals surface area (Å²) in [5.74, 6) is -0.198. The number of hydrogen-bond donors (Lipinski definition) is 1. The minimum atomic E-state index is -1.32. The number of benzene rings is 2. The van der Waals surface area contributed by atoms with Crippen LogP contribution in [0.4, 0.5) is 10.1 Å². The smallest absolute Gasteiger partial charge is 0.127 e. The van der Waals surface area contributed by atoms with Crippen LogP contribution in [0.3, 0.4) is 0 Å². The molecule has 0 saturated heterocycles. The fraction of sp³-hybridized carbons (Fsp3) is 0.0769. The van der Waals surface area contributed by atoms with Gasteiger partial charge in [0.25, 0.3) is 0 Å². The molecular formula is C13H12FNOS. The largest absolute Gasteiger partial charge is 0.398 e. The zero-order chi connectivity index (χ0) is 12.3. The van der Waals surface area contributed by atoms with Gasteiger partial charge in [0, 0.05) is 11.3 Å². The van der Waals surface area contributed by atoms with Gasteiger partial charge in [0.2, 0.25) is 0 Å². The summed E-state index contributed by atoms with van der Waals surface area (Å²) in [6.45, 7) is 0. The highest BCUT2D eigenvalue weighted by molar-refractivity contribution is 7.84. The van der Waals surface area contributed by atoms with E-state index in [1.807, 2.05) is 0 Å². The van der Waals surface area contributed by atoms with Crippen molar-refractivity contribution in [2.75, 3.05) is 5.73 Å². The normalized spacial score (nSPS) is 12.3. The highest BCUT2D eigenvalue weighted by Crippen LogP contribution is 2.19. The van der Waals surface area contributed by atoms with Gasteiger partial charge in [-0.1, -0.05) is 30.3 Å². The van der Waals surface area contributed by atoms with Gasteiger partial charge in [0.15, 0.2) is 0 Å². The van der Waals surface area contributed by atoms with E-state index < -0.39 is 10.8 Å². The lowest BCUT2D eigenvalue weighted by Gasteiger charge is -2.06. The van der Waals surface area contributed by atoms with Gasteiger partial charge in [-0.2, -0.15) is 0 Å². The molecule has 2 rings (SSSR count). The van der Waals surface area contributed by atoms with Gasteiger partial charge in [-0.05, 0) is 18.2 Å². The molecule has 0 heterocycles. The summed E-state index contributed by atoms with van der Waals surface area (Å²) in [4.78, 5) is 0.552. The number of hydrogen-bond acceptors (Lipinski definition) is 2. The molecule has 0 aliphatic carbocycles. The van der Waals surface area contributed by atoms with Crippen LogP contribution in [0.5, 0.6) is 0 Å². The molecule has 0 amide bonds. The van der Waals surface area contributed by atoms with E-state index in [0.717, 1.165) is 0 Å². The van der Waals surface area contributed by atoms with Crippen LogP contribution in [0, 0.1) is 5.82 Å².